The molecule has 1 N–H and O–H groups in total. The summed E-state index contributed by atoms with van der Waals surface area (Å²) in [7, 11) is -1.75. The highest BCUT2D eigenvalue weighted by Gasteiger charge is 2.29. The van der Waals surface area contributed by atoms with E-state index < -0.39 is 27.7 Å². The van der Waals surface area contributed by atoms with Crippen LogP contribution in [-0.4, -0.2) is 39.6 Å². The van der Waals surface area contributed by atoms with Gasteiger partial charge in [0.15, 0.2) is 0 Å². The summed E-state index contributed by atoms with van der Waals surface area (Å²) in [6.07, 6.45) is 3.04. The van der Waals surface area contributed by atoms with Crippen LogP contribution in [0, 0.1) is 11.6 Å². The number of nitrogens with zero attached hydrogens (tertiary/aromatic N) is 4. The predicted molar refractivity (Wildman–Crippen MR) is 115 cm³/mol. The molecule has 0 aliphatic carbocycles. The molecule has 1 aliphatic heterocycles. The number of aryl methyl sites for hydroxylation is 1. The average Bonchev–Trinajstić information content (AvgIpc) is 3.32. The van der Waals surface area contributed by atoms with Gasteiger partial charge in [0, 0.05) is 43.5 Å². The number of halogens is 2. The van der Waals surface area contributed by atoms with Gasteiger partial charge >= 0.3 is 5.69 Å². The van der Waals surface area contributed by atoms with Crippen molar-refractivity contribution >= 4 is 20.9 Å². The first kappa shape index (κ1) is 20.6. The summed E-state index contributed by atoms with van der Waals surface area (Å²) in [5, 5.41) is 4.87. The number of sulfonamides is 1. The summed E-state index contributed by atoms with van der Waals surface area (Å²) >= 11 is 0. The Morgan fingerprint density at radius 1 is 1.12 bits per heavy atom. The van der Waals surface area contributed by atoms with Crippen LogP contribution in [0.2, 0.25) is 0 Å². The highest BCUT2D eigenvalue weighted by molar-refractivity contribution is 7.88. The van der Waals surface area contributed by atoms with Crippen LogP contribution in [0.5, 0.6) is 0 Å². The molecule has 0 saturated carbocycles. The molecule has 1 aliphatic rings. The largest absolute Gasteiger partial charge is 0.334 e. The quantitative estimate of drug-likeness (QED) is 0.505. The molecule has 0 amide bonds. The van der Waals surface area contributed by atoms with Crippen LogP contribution in [0.3, 0.4) is 0 Å². The summed E-state index contributed by atoms with van der Waals surface area (Å²) in [4.78, 5) is 13.2. The maximum Gasteiger partial charge on any atom is 0.334 e. The summed E-state index contributed by atoms with van der Waals surface area (Å²) in [5.74, 6) is -1.06. The molecule has 0 bridgehead atoms. The van der Waals surface area contributed by atoms with Gasteiger partial charge < -0.3 is 0 Å². The Hall–Kier alpha value is -3.31. The number of imidazole rings is 1. The SMILES string of the molecule is Cn1nc2cccc(-c3c(F)cccc3F)c2c1-n1cc2n(c1=O)C[C@@H](NS(C)(=O)=O)C2. The van der Waals surface area contributed by atoms with Crippen molar-refractivity contribution in [2.24, 2.45) is 7.05 Å². The van der Waals surface area contributed by atoms with Crippen molar-refractivity contribution in [1.82, 2.24) is 23.6 Å². The Labute approximate surface area is 181 Å². The topological polar surface area (TPSA) is 90.9 Å². The van der Waals surface area contributed by atoms with Gasteiger partial charge in [-0.15, -0.1) is 0 Å². The van der Waals surface area contributed by atoms with Crippen molar-refractivity contribution < 1.29 is 17.2 Å². The standard InChI is InChI=1S/C21H19F2N5O3S/c1-26-20(28-11-13-9-12(25-32(2,30)31)10-27(13)21(28)29)19-14(5-3-8-17(19)24-26)18-15(22)6-4-7-16(18)23/h3-8,11-12,25H,9-10H2,1-2H3/t12-/m0/s1. The van der Waals surface area contributed by atoms with Gasteiger partial charge in [0.1, 0.15) is 17.5 Å². The fourth-order valence-corrected chi connectivity index (χ4v) is 5.19. The third-order valence-electron chi connectivity index (χ3n) is 5.59. The minimum Gasteiger partial charge on any atom is -0.294 e. The van der Waals surface area contributed by atoms with E-state index in [1.807, 2.05) is 0 Å². The zero-order valence-corrected chi connectivity index (χ0v) is 18.0. The van der Waals surface area contributed by atoms with Crippen LogP contribution < -0.4 is 10.4 Å². The minimum absolute atomic E-state index is 0.190. The van der Waals surface area contributed by atoms with Crippen molar-refractivity contribution in [2.45, 2.75) is 19.0 Å². The van der Waals surface area contributed by atoms with E-state index >= 15 is 0 Å². The molecule has 2 aromatic heterocycles. The van der Waals surface area contributed by atoms with Crippen molar-refractivity contribution in [1.29, 1.82) is 0 Å². The van der Waals surface area contributed by atoms with Gasteiger partial charge in [-0.05, 0) is 18.2 Å². The molecular formula is C21H19F2N5O3S. The fourth-order valence-electron chi connectivity index (χ4n) is 4.42. The van der Waals surface area contributed by atoms with Crippen molar-refractivity contribution in [2.75, 3.05) is 6.26 Å². The van der Waals surface area contributed by atoms with E-state index in [0.29, 0.717) is 28.8 Å². The Morgan fingerprint density at radius 3 is 2.47 bits per heavy atom. The normalized spacial score (nSPS) is 16.1. The zero-order valence-electron chi connectivity index (χ0n) is 17.2. The molecule has 0 saturated heterocycles. The Balaban J connectivity index is 1.69. The van der Waals surface area contributed by atoms with E-state index in [4.69, 9.17) is 0 Å². The molecule has 4 aromatic rings. The maximum absolute atomic E-state index is 14.6. The van der Waals surface area contributed by atoms with Crippen LogP contribution >= 0.6 is 0 Å². The van der Waals surface area contributed by atoms with E-state index in [9.17, 15) is 22.0 Å². The lowest BCUT2D eigenvalue weighted by molar-refractivity contribution is 0.535. The lowest BCUT2D eigenvalue weighted by Crippen LogP contribution is -2.37. The smallest absolute Gasteiger partial charge is 0.294 e. The number of rotatable bonds is 4. The number of aromatic nitrogens is 4. The monoisotopic (exact) mass is 459 g/mol. The Kier molecular flexibility index (Phi) is 4.57. The van der Waals surface area contributed by atoms with Gasteiger partial charge in [0.05, 0.1) is 22.7 Å². The molecule has 3 heterocycles. The lowest BCUT2D eigenvalue weighted by atomic mass is 10.00. The van der Waals surface area contributed by atoms with Crippen LogP contribution in [0.4, 0.5) is 8.78 Å². The molecule has 0 fully saturated rings. The van der Waals surface area contributed by atoms with Crippen molar-refractivity contribution in [3.8, 4) is 16.9 Å². The molecule has 8 nitrogen and oxygen atoms in total. The molecule has 32 heavy (non-hydrogen) atoms. The summed E-state index contributed by atoms with van der Waals surface area (Å²) in [6.45, 7) is 0.193. The molecule has 0 radical (unpaired) electrons. The molecule has 1 atom stereocenters. The molecular weight excluding hydrogens is 440 g/mol. The van der Waals surface area contributed by atoms with Crippen LogP contribution in [0.15, 0.2) is 47.4 Å². The van der Waals surface area contributed by atoms with E-state index in [-0.39, 0.29) is 23.4 Å². The van der Waals surface area contributed by atoms with E-state index in [1.165, 1.54) is 32.0 Å². The Bertz CT molecular complexity index is 1530. The van der Waals surface area contributed by atoms with Gasteiger partial charge in [-0.1, -0.05) is 18.2 Å². The highest BCUT2D eigenvalue weighted by atomic mass is 32.2. The van der Waals surface area contributed by atoms with Gasteiger partial charge in [-0.25, -0.2) is 26.7 Å². The second-order valence-corrected chi connectivity index (χ2v) is 9.70. The zero-order chi connectivity index (χ0) is 22.8. The molecule has 166 valence electrons. The first-order chi connectivity index (χ1) is 15.1. The van der Waals surface area contributed by atoms with E-state index in [0.717, 1.165) is 6.26 Å². The van der Waals surface area contributed by atoms with E-state index in [1.54, 1.807) is 31.4 Å². The number of benzene rings is 2. The first-order valence-corrected chi connectivity index (χ1v) is 11.7. The number of hydrogen-bond donors (Lipinski definition) is 1. The third kappa shape index (κ3) is 3.24. The fraction of sp³-hybridized carbons (Fsp3) is 0.238. The molecule has 5 rings (SSSR count). The van der Waals surface area contributed by atoms with E-state index in [2.05, 4.69) is 9.82 Å². The Morgan fingerprint density at radius 2 is 1.81 bits per heavy atom. The van der Waals surface area contributed by atoms with Crippen molar-refractivity contribution in [3.05, 3.63) is 70.4 Å². The predicted octanol–water partition coefficient (Wildman–Crippen LogP) is 1.94. The van der Waals surface area contributed by atoms with Crippen molar-refractivity contribution in [3.63, 3.8) is 0 Å². The van der Waals surface area contributed by atoms with Crippen LogP contribution in [0.1, 0.15) is 5.69 Å². The van der Waals surface area contributed by atoms with Gasteiger partial charge in [0.25, 0.3) is 0 Å². The lowest BCUT2D eigenvalue weighted by Gasteiger charge is -2.11. The van der Waals surface area contributed by atoms with Gasteiger partial charge in [-0.3, -0.25) is 13.8 Å². The average molecular weight is 459 g/mol. The van der Waals surface area contributed by atoms with Gasteiger partial charge in [-0.2, -0.15) is 5.10 Å². The third-order valence-corrected chi connectivity index (χ3v) is 6.35. The summed E-state index contributed by atoms with van der Waals surface area (Å²) in [5.41, 5.74) is 0.852. The first-order valence-electron chi connectivity index (χ1n) is 9.83. The summed E-state index contributed by atoms with van der Waals surface area (Å²) in [6, 6.07) is 8.21. The molecule has 0 unspecified atom stereocenters. The van der Waals surface area contributed by atoms with Gasteiger partial charge in [0.2, 0.25) is 10.0 Å². The van der Waals surface area contributed by atoms with Crippen LogP contribution in [-0.2, 0) is 30.0 Å². The number of nitrogens with one attached hydrogen (secondary N) is 1. The second-order valence-electron chi connectivity index (χ2n) is 7.92. The number of fused-ring (bicyclic) bond motifs is 2. The molecule has 0 spiro atoms. The summed E-state index contributed by atoms with van der Waals surface area (Å²) < 4.78 is 59.2. The molecule has 11 heteroatoms. The second kappa shape index (κ2) is 7.10. The molecule has 2 aromatic carbocycles. The maximum atomic E-state index is 14.6. The van der Waals surface area contributed by atoms with Crippen LogP contribution in [0.25, 0.3) is 27.8 Å². The number of hydrogen-bond acceptors (Lipinski definition) is 4. The minimum atomic E-state index is -3.41. The highest BCUT2D eigenvalue weighted by Crippen LogP contribution is 2.35.